The molecule has 0 aromatic heterocycles. The van der Waals surface area contributed by atoms with Gasteiger partial charge in [-0.3, -0.25) is 4.79 Å². The number of amidine groups is 1. The first-order valence-corrected chi connectivity index (χ1v) is 12.6. The maximum Gasteiger partial charge on any atom is 0.338 e. The van der Waals surface area contributed by atoms with E-state index >= 15 is 0 Å². The van der Waals surface area contributed by atoms with Crippen molar-refractivity contribution < 1.29 is 23.8 Å². The molecule has 8 nitrogen and oxygen atoms in total. The summed E-state index contributed by atoms with van der Waals surface area (Å²) in [5.74, 6) is 0.512. The molecule has 0 bridgehead atoms. The Morgan fingerprint density at radius 3 is 2.49 bits per heavy atom. The van der Waals surface area contributed by atoms with Crippen molar-refractivity contribution in [2.75, 3.05) is 20.8 Å². The zero-order valence-electron chi connectivity index (χ0n) is 21.0. The van der Waals surface area contributed by atoms with E-state index in [2.05, 4.69) is 16.9 Å². The minimum absolute atomic E-state index is 0.0691. The lowest BCUT2D eigenvalue weighted by Gasteiger charge is -2.36. The Kier molecular flexibility index (Phi) is 8.35. The Balaban J connectivity index is 1.68. The van der Waals surface area contributed by atoms with E-state index in [1.807, 2.05) is 52.8 Å². The predicted octanol–water partition coefficient (Wildman–Crippen LogP) is 4.71. The first kappa shape index (κ1) is 26.1. The van der Waals surface area contributed by atoms with Gasteiger partial charge < -0.3 is 24.4 Å². The number of carbonyl (C=O) groups is 2. The fraction of sp³-hybridized carbons (Fsp3) is 0.250. The molecule has 1 amide bonds. The van der Waals surface area contributed by atoms with E-state index in [1.165, 1.54) is 17.8 Å². The monoisotopic (exact) mass is 519 g/mol. The fourth-order valence-electron chi connectivity index (χ4n) is 4.17. The highest BCUT2D eigenvalue weighted by Gasteiger charge is 2.41. The zero-order valence-corrected chi connectivity index (χ0v) is 21.8. The largest absolute Gasteiger partial charge is 0.497 e. The van der Waals surface area contributed by atoms with Crippen LogP contribution in [0.2, 0.25) is 0 Å². The van der Waals surface area contributed by atoms with Gasteiger partial charge in [0.25, 0.3) is 0 Å². The van der Waals surface area contributed by atoms with Gasteiger partial charge in [-0.05, 0) is 35.6 Å². The number of thioether (sulfide) groups is 1. The van der Waals surface area contributed by atoms with Gasteiger partial charge in [0.1, 0.15) is 18.1 Å². The molecule has 2 heterocycles. The first-order valence-electron chi connectivity index (χ1n) is 11.7. The summed E-state index contributed by atoms with van der Waals surface area (Å²) in [5.41, 5.74) is 3.40. The highest BCUT2D eigenvalue weighted by atomic mass is 32.2. The summed E-state index contributed by atoms with van der Waals surface area (Å²) in [6, 6.07) is 14.6. The third-order valence-electron chi connectivity index (χ3n) is 5.92. The summed E-state index contributed by atoms with van der Waals surface area (Å²) < 4.78 is 16.4. The molecule has 1 atom stereocenters. The normalized spacial score (nSPS) is 16.4. The molecule has 2 aromatic carbocycles. The Labute approximate surface area is 220 Å². The molecule has 2 aliphatic heterocycles. The van der Waals surface area contributed by atoms with Gasteiger partial charge in [0.05, 0.1) is 38.0 Å². The number of hydrogen-bond acceptors (Lipinski definition) is 8. The number of nitrogens with zero attached hydrogens (tertiary/aromatic N) is 2. The number of esters is 1. The Morgan fingerprint density at radius 1 is 1.14 bits per heavy atom. The molecule has 37 heavy (non-hydrogen) atoms. The van der Waals surface area contributed by atoms with Gasteiger partial charge in [0.2, 0.25) is 5.91 Å². The summed E-state index contributed by atoms with van der Waals surface area (Å²) >= 11 is 1.41. The second-order valence-electron chi connectivity index (χ2n) is 8.37. The number of amides is 1. The lowest BCUT2D eigenvalue weighted by atomic mass is 9.93. The summed E-state index contributed by atoms with van der Waals surface area (Å²) in [7, 11) is 3.14. The lowest BCUT2D eigenvalue weighted by molar-refractivity contribution is -0.138. The van der Waals surface area contributed by atoms with E-state index in [0.29, 0.717) is 34.5 Å². The van der Waals surface area contributed by atoms with Crippen molar-refractivity contribution in [2.45, 2.75) is 25.9 Å². The molecule has 0 spiro atoms. The Morgan fingerprint density at radius 2 is 1.84 bits per heavy atom. The van der Waals surface area contributed by atoms with Crippen molar-refractivity contribution in [3.05, 3.63) is 94.7 Å². The van der Waals surface area contributed by atoms with Crippen molar-refractivity contribution >= 4 is 28.8 Å². The molecule has 1 N–H and O–H groups in total. The number of hydrogen-bond donors (Lipinski definition) is 1. The SMILES string of the molecule is C=CCOC(=O)C1=C(C)N=C2SC=C(CC(=O)NCc3ccccc3)N2[C@@H]1c1cc(OC)cc(OC)c1. The summed E-state index contributed by atoms with van der Waals surface area (Å²) in [5, 5.41) is 5.55. The van der Waals surface area contributed by atoms with Crippen LogP contribution in [0.4, 0.5) is 0 Å². The molecule has 0 fully saturated rings. The van der Waals surface area contributed by atoms with Gasteiger partial charge in [0, 0.05) is 18.3 Å². The average molecular weight is 520 g/mol. The summed E-state index contributed by atoms with van der Waals surface area (Å²) in [6.45, 7) is 5.91. The van der Waals surface area contributed by atoms with Crippen molar-refractivity contribution in [3.63, 3.8) is 0 Å². The molecule has 0 aliphatic carbocycles. The maximum atomic E-state index is 13.2. The highest BCUT2D eigenvalue weighted by Crippen LogP contribution is 2.46. The number of methoxy groups -OCH3 is 2. The van der Waals surface area contributed by atoms with E-state index in [0.717, 1.165) is 16.8 Å². The predicted molar refractivity (Wildman–Crippen MR) is 144 cm³/mol. The van der Waals surface area contributed by atoms with Crippen molar-refractivity contribution in [1.82, 2.24) is 10.2 Å². The summed E-state index contributed by atoms with van der Waals surface area (Å²) in [4.78, 5) is 32.8. The van der Waals surface area contributed by atoms with Gasteiger partial charge in [-0.2, -0.15) is 0 Å². The number of rotatable bonds is 10. The van der Waals surface area contributed by atoms with E-state index in [1.54, 1.807) is 27.2 Å². The molecular weight excluding hydrogens is 490 g/mol. The quantitative estimate of drug-likeness (QED) is 0.359. The maximum absolute atomic E-state index is 13.2. The highest BCUT2D eigenvalue weighted by molar-refractivity contribution is 8.16. The van der Waals surface area contributed by atoms with Crippen LogP contribution in [-0.2, 0) is 20.9 Å². The van der Waals surface area contributed by atoms with Crippen LogP contribution in [-0.4, -0.2) is 42.8 Å². The van der Waals surface area contributed by atoms with Crippen LogP contribution in [0.15, 0.2) is 88.6 Å². The van der Waals surface area contributed by atoms with E-state index in [-0.39, 0.29) is 18.9 Å². The molecule has 192 valence electrons. The molecule has 0 unspecified atom stereocenters. The number of ether oxygens (including phenoxy) is 3. The molecule has 9 heteroatoms. The van der Waals surface area contributed by atoms with Crippen LogP contribution in [0.25, 0.3) is 0 Å². The first-order chi connectivity index (χ1) is 17.9. The van der Waals surface area contributed by atoms with Crippen LogP contribution >= 0.6 is 11.8 Å². The number of allylic oxidation sites excluding steroid dienone is 1. The van der Waals surface area contributed by atoms with Crippen molar-refractivity contribution in [1.29, 1.82) is 0 Å². The number of nitrogens with one attached hydrogen (secondary N) is 1. The van der Waals surface area contributed by atoms with Gasteiger partial charge in [-0.1, -0.05) is 54.7 Å². The van der Waals surface area contributed by atoms with Crippen LogP contribution in [0.1, 0.15) is 30.5 Å². The number of carbonyl (C=O) groups excluding carboxylic acids is 2. The number of benzene rings is 2. The second kappa shape index (κ2) is 11.8. The van der Waals surface area contributed by atoms with Gasteiger partial charge in [0.15, 0.2) is 5.17 Å². The van der Waals surface area contributed by atoms with Crippen LogP contribution in [0.5, 0.6) is 11.5 Å². The van der Waals surface area contributed by atoms with Crippen molar-refractivity contribution in [3.8, 4) is 11.5 Å². The van der Waals surface area contributed by atoms with E-state index in [9.17, 15) is 9.59 Å². The molecule has 0 saturated heterocycles. The average Bonchev–Trinajstić information content (AvgIpc) is 3.31. The molecular formula is C28H29N3O5S. The smallest absolute Gasteiger partial charge is 0.338 e. The van der Waals surface area contributed by atoms with Crippen molar-refractivity contribution in [2.24, 2.45) is 4.99 Å². The molecule has 2 aliphatic rings. The Hall–Kier alpha value is -3.98. The molecule has 4 rings (SSSR count). The lowest BCUT2D eigenvalue weighted by Crippen LogP contribution is -2.38. The third-order valence-corrected chi connectivity index (χ3v) is 6.81. The number of fused-ring (bicyclic) bond motifs is 1. The third kappa shape index (κ3) is 5.89. The fourth-order valence-corrected chi connectivity index (χ4v) is 5.13. The van der Waals surface area contributed by atoms with Crippen LogP contribution in [0, 0.1) is 0 Å². The molecule has 2 aromatic rings. The van der Waals surface area contributed by atoms with E-state index in [4.69, 9.17) is 14.2 Å². The molecule has 0 saturated carbocycles. The van der Waals surface area contributed by atoms with Gasteiger partial charge in [-0.15, -0.1) is 0 Å². The number of aliphatic imine (C=N–C) groups is 1. The van der Waals surface area contributed by atoms with Gasteiger partial charge >= 0.3 is 5.97 Å². The minimum Gasteiger partial charge on any atom is -0.497 e. The minimum atomic E-state index is -0.600. The topological polar surface area (TPSA) is 89.5 Å². The van der Waals surface area contributed by atoms with Gasteiger partial charge in [-0.25, -0.2) is 9.79 Å². The zero-order chi connectivity index (χ0) is 26.4. The summed E-state index contributed by atoms with van der Waals surface area (Å²) in [6.07, 6.45) is 1.63. The second-order valence-corrected chi connectivity index (χ2v) is 9.20. The molecule has 0 radical (unpaired) electrons. The van der Waals surface area contributed by atoms with Crippen LogP contribution in [0.3, 0.4) is 0 Å². The standard InChI is InChI=1S/C28H29N3O5S/c1-5-11-36-27(33)25-18(2)30-28-31(26(25)20-12-22(34-3)15-23(13-20)35-4)21(17-37-28)14-24(32)29-16-19-9-7-6-8-10-19/h5-10,12-13,15,17,26H,1,11,14,16H2,2-4H3,(H,29,32)/t26-/m1/s1. The van der Waals surface area contributed by atoms with Crippen LogP contribution < -0.4 is 14.8 Å². The van der Waals surface area contributed by atoms with E-state index < -0.39 is 12.0 Å². The Bertz CT molecular complexity index is 1260.